The lowest BCUT2D eigenvalue weighted by Gasteiger charge is -2.30. The number of nitro benzene ring substituents is 1. The maximum Gasteiger partial charge on any atom is 0.354 e. The van der Waals surface area contributed by atoms with Crippen molar-refractivity contribution in [3.8, 4) is 17.2 Å². The Hall–Kier alpha value is -5.52. The van der Waals surface area contributed by atoms with Gasteiger partial charge in [0.05, 0.1) is 17.1 Å². The highest BCUT2D eigenvalue weighted by Gasteiger charge is 2.41. The summed E-state index contributed by atoms with van der Waals surface area (Å²) < 4.78 is 10.6. The third-order valence-corrected chi connectivity index (χ3v) is 6.76. The standard InChI is InChI=1S/C31H25N5O8/c32-16-27-24(9-5-11-26(27)23-7-2-1-3-8-23)19-42-43-20-31(30(37)38,33-17-21-6-4-10-25(14-21)36(39)40)41-18-22-12-13-28-29(15-22)35-44-34-28/h1-15,33H,17-20H2,(H,37,38)/t31-/m0/s1. The van der Waals surface area contributed by atoms with Crippen molar-refractivity contribution in [1.82, 2.24) is 15.6 Å². The van der Waals surface area contributed by atoms with Gasteiger partial charge >= 0.3 is 5.97 Å². The summed E-state index contributed by atoms with van der Waals surface area (Å²) in [5.41, 5.74) is 2.21. The number of carboxylic acid groups (broad SMARTS) is 1. The van der Waals surface area contributed by atoms with Crippen LogP contribution in [0.25, 0.3) is 22.2 Å². The number of nitriles is 1. The molecule has 0 aliphatic heterocycles. The van der Waals surface area contributed by atoms with E-state index in [1.165, 1.54) is 18.2 Å². The molecule has 13 nitrogen and oxygen atoms in total. The highest BCUT2D eigenvalue weighted by Crippen LogP contribution is 2.26. The number of hydrogen-bond donors (Lipinski definition) is 2. The van der Waals surface area contributed by atoms with Gasteiger partial charge in [0.25, 0.3) is 5.69 Å². The molecule has 5 rings (SSSR count). The van der Waals surface area contributed by atoms with Gasteiger partial charge in [-0.1, -0.05) is 66.7 Å². The van der Waals surface area contributed by atoms with E-state index in [2.05, 4.69) is 21.7 Å². The second-order valence-electron chi connectivity index (χ2n) is 9.63. The zero-order valence-corrected chi connectivity index (χ0v) is 23.1. The Bertz CT molecular complexity index is 1820. The van der Waals surface area contributed by atoms with E-state index in [9.17, 15) is 25.3 Å². The normalized spacial score (nSPS) is 12.4. The van der Waals surface area contributed by atoms with Crippen LogP contribution < -0.4 is 5.32 Å². The molecule has 1 atom stereocenters. The van der Waals surface area contributed by atoms with Gasteiger partial charge in [-0.2, -0.15) is 5.26 Å². The maximum atomic E-state index is 12.7. The van der Waals surface area contributed by atoms with Gasteiger partial charge in [0.1, 0.15) is 30.3 Å². The fourth-order valence-corrected chi connectivity index (χ4v) is 4.43. The largest absolute Gasteiger partial charge is 0.478 e. The summed E-state index contributed by atoms with van der Waals surface area (Å²) >= 11 is 0. The highest BCUT2D eigenvalue weighted by molar-refractivity contribution is 5.77. The van der Waals surface area contributed by atoms with Crippen molar-refractivity contribution in [2.45, 2.75) is 25.5 Å². The van der Waals surface area contributed by atoms with Gasteiger partial charge in [0.15, 0.2) is 0 Å². The second-order valence-corrected chi connectivity index (χ2v) is 9.63. The summed E-state index contributed by atoms with van der Waals surface area (Å²) in [6.45, 7) is -1.06. The molecule has 2 N–H and O–H groups in total. The average Bonchev–Trinajstić information content (AvgIpc) is 3.52. The van der Waals surface area contributed by atoms with Crippen LogP contribution in [0.3, 0.4) is 0 Å². The van der Waals surface area contributed by atoms with E-state index < -0.39 is 23.2 Å². The van der Waals surface area contributed by atoms with Gasteiger partial charge in [-0.15, -0.1) is 0 Å². The van der Waals surface area contributed by atoms with Crippen molar-refractivity contribution < 1.29 is 34.0 Å². The van der Waals surface area contributed by atoms with Crippen LogP contribution in [0.1, 0.15) is 22.3 Å². The summed E-state index contributed by atoms with van der Waals surface area (Å²) in [5, 5.41) is 41.8. The maximum absolute atomic E-state index is 12.7. The summed E-state index contributed by atoms with van der Waals surface area (Å²) in [6, 6.07) is 27.7. The van der Waals surface area contributed by atoms with Crippen LogP contribution in [-0.2, 0) is 39.1 Å². The molecule has 222 valence electrons. The average molecular weight is 596 g/mol. The molecule has 0 aliphatic carbocycles. The zero-order valence-electron chi connectivity index (χ0n) is 23.1. The number of non-ortho nitro benzene ring substituents is 1. The van der Waals surface area contributed by atoms with E-state index >= 15 is 0 Å². The number of carbonyl (C=O) groups is 1. The molecular weight excluding hydrogens is 570 g/mol. The van der Waals surface area contributed by atoms with E-state index in [0.29, 0.717) is 33.3 Å². The number of benzene rings is 4. The molecule has 1 aromatic heterocycles. The molecule has 0 radical (unpaired) electrons. The lowest BCUT2D eigenvalue weighted by atomic mass is 9.96. The first-order valence-electron chi connectivity index (χ1n) is 13.3. The van der Waals surface area contributed by atoms with E-state index in [1.54, 1.807) is 36.4 Å². The molecule has 0 amide bonds. The minimum absolute atomic E-state index is 0.110. The third-order valence-electron chi connectivity index (χ3n) is 6.76. The Morgan fingerprint density at radius 3 is 2.52 bits per heavy atom. The predicted molar refractivity (Wildman–Crippen MR) is 154 cm³/mol. The van der Waals surface area contributed by atoms with Crippen molar-refractivity contribution in [3.05, 3.63) is 123 Å². The molecule has 44 heavy (non-hydrogen) atoms. The van der Waals surface area contributed by atoms with E-state index in [4.69, 9.17) is 19.1 Å². The number of rotatable bonds is 14. The Balaban J connectivity index is 1.33. The quantitative estimate of drug-likeness (QED) is 0.0583. The first-order valence-corrected chi connectivity index (χ1v) is 13.3. The Morgan fingerprint density at radius 1 is 0.955 bits per heavy atom. The molecule has 1 heterocycles. The smallest absolute Gasteiger partial charge is 0.354 e. The van der Waals surface area contributed by atoms with Crippen molar-refractivity contribution in [2.75, 3.05) is 6.61 Å². The third kappa shape index (κ3) is 6.92. The highest BCUT2D eigenvalue weighted by atomic mass is 17.2. The fraction of sp³-hybridized carbons (Fsp3) is 0.161. The summed E-state index contributed by atoms with van der Waals surface area (Å²) in [5.74, 6) is -1.42. The minimum atomic E-state index is -2.15. The summed E-state index contributed by atoms with van der Waals surface area (Å²) in [6.07, 6.45) is 0. The molecule has 0 spiro atoms. The molecule has 0 fully saturated rings. The van der Waals surface area contributed by atoms with Gasteiger partial charge in [0.2, 0.25) is 5.72 Å². The minimum Gasteiger partial charge on any atom is -0.478 e. The van der Waals surface area contributed by atoms with Crippen molar-refractivity contribution in [2.24, 2.45) is 0 Å². The van der Waals surface area contributed by atoms with Gasteiger partial charge in [-0.05, 0) is 50.3 Å². The van der Waals surface area contributed by atoms with Gasteiger partial charge in [0, 0.05) is 18.7 Å². The molecule has 5 aromatic rings. The monoisotopic (exact) mass is 595 g/mol. The van der Waals surface area contributed by atoms with Crippen molar-refractivity contribution in [3.63, 3.8) is 0 Å². The van der Waals surface area contributed by atoms with Crippen LogP contribution in [0.15, 0.2) is 95.6 Å². The van der Waals surface area contributed by atoms with Crippen LogP contribution in [-0.4, -0.2) is 38.6 Å². The number of nitro groups is 1. The molecule has 0 bridgehead atoms. The number of carboxylic acids is 1. The molecule has 13 heteroatoms. The number of hydrogen-bond acceptors (Lipinski definition) is 11. The number of nitrogens with one attached hydrogen (secondary N) is 1. The Labute approximate surface area is 250 Å². The van der Waals surface area contributed by atoms with Crippen molar-refractivity contribution >= 4 is 22.7 Å². The number of fused-ring (bicyclic) bond motifs is 1. The van der Waals surface area contributed by atoms with Crippen LogP contribution in [0.4, 0.5) is 5.69 Å². The van der Waals surface area contributed by atoms with E-state index in [0.717, 1.165) is 11.1 Å². The second kappa shape index (κ2) is 13.6. The molecular formula is C31H25N5O8. The number of nitrogens with zero attached hydrogens (tertiary/aromatic N) is 4. The molecule has 4 aromatic carbocycles. The van der Waals surface area contributed by atoms with Crippen LogP contribution >= 0.6 is 0 Å². The van der Waals surface area contributed by atoms with Crippen LogP contribution in [0.2, 0.25) is 0 Å². The summed E-state index contributed by atoms with van der Waals surface area (Å²) in [4.78, 5) is 34.1. The molecule has 0 aliphatic rings. The van der Waals surface area contributed by atoms with Gasteiger partial charge in [-0.3, -0.25) is 15.4 Å². The first kappa shape index (κ1) is 30.0. The number of ether oxygens (including phenoxy) is 1. The molecule has 0 saturated heterocycles. The lowest BCUT2D eigenvalue weighted by molar-refractivity contribution is -0.384. The van der Waals surface area contributed by atoms with Gasteiger partial charge in [-0.25, -0.2) is 19.2 Å². The van der Waals surface area contributed by atoms with Crippen LogP contribution in [0, 0.1) is 21.4 Å². The predicted octanol–water partition coefficient (Wildman–Crippen LogP) is 4.91. The number of aromatic nitrogens is 2. The number of aliphatic carboxylic acids is 1. The summed E-state index contributed by atoms with van der Waals surface area (Å²) in [7, 11) is 0. The van der Waals surface area contributed by atoms with E-state index in [1.807, 2.05) is 36.4 Å². The van der Waals surface area contributed by atoms with Crippen molar-refractivity contribution in [1.29, 1.82) is 5.26 Å². The first-order chi connectivity index (χ1) is 21.4. The Morgan fingerprint density at radius 2 is 1.75 bits per heavy atom. The fourth-order valence-electron chi connectivity index (χ4n) is 4.43. The van der Waals surface area contributed by atoms with E-state index in [-0.39, 0.29) is 25.4 Å². The lowest BCUT2D eigenvalue weighted by Crippen LogP contribution is -2.57. The topological polar surface area (TPSA) is 183 Å². The van der Waals surface area contributed by atoms with Gasteiger partial charge < -0.3 is 9.84 Å². The van der Waals surface area contributed by atoms with Crippen LogP contribution in [0.5, 0.6) is 0 Å². The molecule has 0 unspecified atom stereocenters. The zero-order chi connectivity index (χ0) is 30.9. The SMILES string of the molecule is N#Cc1c(COOC[C@](NCc2cccc([N+](=O)[O-])c2)(OCc2ccc3nonc3c2)C(=O)O)cccc1-c1ccccc1. The Kier molecular flexibility index (Phi) is 9.28. The molecule has 0 saturated carbocycles.